The lowest BCUT2D eigenvalue weighted by molar-refractivity contribution is -0.142. The number of aliphatic carboxylic acids is 1. The lowest BCUT2D eigenvalue weighted by atomic mass is 10.0. The molecule has 0 aliphatic rings. The minimum absolute atomic E-state index is 0.0330. The highest BCUT2D eigenvalue weighted by Crippen LogP contribution is 2.22. The molecule has 0 aliphatic heterocycles. The number of carbonyl (C=O) groups is 3. The number of rotatable bonds is 8. The third-order valence-corrected chi connectivity index (χ3v) is 5.13. The van der Waals surface area contributed by atoms with Gasteiger partial charge < -0.3 is 15.7 Å². The van der Waals surface area contributed by atoms with Crippen LogP contribution in [0.3, 0.4) is 0 Å². The number of carbonyl (C=O) groups excluding carboxylic acids is 2. The Morgan fingerprint density at radius 1 is 1.07 bits per heavy atom. The molecule has 0 bridgehead atoms. The molecule has 0 saturated heterocycles. The van der Waals surface area contributed by atoms with Gasteiger partial charge in [0.05, 0.1) is 0 Å². The van der Waals surface area contributed by atoms with Crippen molar-refractivity contribution in [3.05, 3.63) is 68.9 Å². The number of nitrogens with one attached hydrogen (secondary N) is 2. The third kappa shape index (κ3) is 6.83. The fourth-order valence-corrected chi connectivity index (χ4v) is 3.33. The van der Waals surface area contributed by atoms with Gasteiger partial charge in [0.25, 0.3) is 0 Å². The van der Waals surface area contributed by atoms with Crippen LogP contribution in [0.2, 0.25) is 5.02 Å². The molecule has 2 atom stereocenters. The first-order chi connectivity index (χ1) is 13.7. The molecule has 0 spiro atoms. The number of hydrogen-bond acceptors (Lipinski definition) is 3. The number of hydrogen-bond donors (Lipinski definition) is 3. The lowest BCUT2D eigenvalue weighted by Crippen LogP contribution is -2.52. The summed E-state index contributed by atoms with van der Waals surface area (Å²) in [4.78, 5) is 35.9. The van der Waals surface area contributed by atoms with E-state index in [0.717, 1.165) is 0 Å². The van der Waals surface area contributed by atoms with E-state index in [-0.39, 0.29) is 18.4 Å². The summed E-state index contributed by atoms with van der Waals surface area (Å²) in [7, 11) is 0. The normalized spacial score (nSPS) is 12.7. The van der Waals surface area contributed by atoms with Gasteiger partial charge >= 0.3 is 5.97 Å². The van der Waals surface area contributed by atoms with E-state index in [1.165, 1.54) is 25.1 Å². The van der Waals surface area contributed by atoms with Gasteiger partial charge in [-0.25, -0.2) is 9.18 Å². The van der Waals surface area contributed by atoms with E-state index >= 15 is 0 Å². The molecule has 0 aromatic heterocycles. The van der Waals surface area contributed by atoms with Crippen LogP contribution < -0.4 is 10.6 Å². The number of amides is 2. The first-order valence-corrected chi connectivity index (χ1v) is 9.82. The monoisotopic (exact) mass is 484 g/mol. The maximum atomic E-state index is 14.0. The molecule has 2 rings (SSSR count). The predicted octanol–water partition coefficient (Wildman–Crippen LogP) is 3.10. The van der Waals surface area contributed by atoms with Crippen molar-refractivity contribution in [1.82, 2.24) is 10.6 Å². The molecule has 29 heavy (non-hydrogen) atoms. The second kappa shape index (κ2) is 10.4. The maximum absolute atomic E-state index is 14.0. The zero-order valence-corrected chi connectivity index (χ0v) is 17.8. The minimum Gasteiger partial charge on any atom is -0.480 e. The fourth-order valence-electron chi connectivity index (χ4n) is 2.73. The van der Waals surface area contributed by atoms with E-state index in [9.17, 15) is 23.9 Å². The van der Waals surface area contributed by atoms with Crippen molar-refractivity contribution in [2.75, 3.05) is 0 Å². The van der Waals surface area contributed by atoms with Crippen LogP contribution in [0, 0.1) is 5.82 Å². The number of carboxylic acids is 1. The van der Waals surface area contributed by atoms with Crippen LogP contribution in [0.5, 0.6) is 0 Å². The second-order valence-electron chi connectivity index (χ2n) is 6.39. The van der Waals surface area contributed by atoms with Crippen LogP contribution in [0.25, 0.3) is 0 Å². The van der Waals surface area contributed by atoms with Crippen LogP contribution in [-0.2, 0) is 27.2 Å². The molecule has 2 aromatic rings. The van der Waals surface area contributed by atoms with E-state index in [0.29, 0.717) is 15.1 Å². The average Bonchev–Trinajstić information content (AvgIpc) is 2.64. The molecule has 0 fully saturated rings. The molecule has 154 valence electrons. The zero-order valence-electron chi connectivity index (χ0n) is 15.4. The van der Waals surface area contributed by atoms with Crippen molar-refractivity contribution in [3.8, 4) is 0 Å². The van der Waals surface area contributed by atoms with Crippen molar-refractivity contribution in [2.45, 2.75) is 31.8 Å². The van der Waals surface area contributed by atoms with E-state index in [1.54, 1.807) is 24.3 Å². The van der Waals surface area contributed by atoms with Gasteiger partial charge in [0.15, 0.2) is 0 Å². The first-order valence-electron chi connectivity index (χ1n) is 8.65. The van der Waals surface area contributed by atoms with Gasteiger partial charge in [0.2, 0.25) is 11.8 Å². The summed E-state index contributed by atoms with van der Waals surface area (Å²) >= 11 is 9.29. The van der Waals surface area contributed by atoms with Crippen LogP contribution in [0.15, 0.2) is 46.9 Å². The maximum Gasteiger partial charge on any atom is 0.326 e. The molecule has 0 unspecified atom stereocenters. The number of benzene rings is 2. The molecule has 9 heteroatoms. The molecule has 6 nitrogen and oxygen atoms in total. The van der Waals surface area contributed by atoms with Gasteiger partial charge in [-0.1, -0.05) is 45.7 Å². The van der Waals surface area contributed by atoms with Crippen LogP contribution in [0.4, 0.5) is 4.39 Å². The largest absolute Gasteiger partial charge is 0.480 e. The average molecular weight is 486 g/mol. The third-order valence-electron chi connectivity index (χ3n) is 4.12. The Hall–Kier alpha value is -2.45. The van der Waals surface area contributed by atoms with Crippen molar-refractivity contribution in [3.63, 3.8) is 0 Å². The van der Waals surface area contributed by atoms with E-state index in [1.807, 2.05) is 0 Å². The minimum atomic E-state index is -1.27. The van der Waals surface area contributed by atoms with E-state index in [2.05, 4.69) is 26.6 Å². The molecule has 3 N–H and O–H groups in total. The molecule has 2 amide bonds. The summed E-state index contributed by atoms with van der Waals surface area (Å²) in [5, 5.41) is 14.8. The van der Waals surface area contributed by atoms with Gasteiger partial charge in [-0.15, -0.1) is 0 Å². The standard InChI is InChI=1S/C20H19BrClFN2O4/c1-11(26)24-17(9-12-4-2-3-5-16(12)23)19(27)25-18(20(28)29)10-13-8-14(22)6-7-15(13)21/h2-8,17-18H,9-10H2,1H3,(H,24,26)(H,25,27)(H,28,29)/t17-,18+/m1/s1. The summed E-state index contributed by atoms with van der Waals surface area (Å²) in [5.74, 6) is -2.99. The van der Waals surface area contributed by atoms with Crippen molar-refractivity contribution in [1.29, 1.82) is 0 Å². The smallest absolute Gasteiger partial charge is 0.326 e. The van der Waals surface area contributed by atoms with Crippen molar-refractivity contribution < 1.29 is 23.9 Å². The summed E-state index contributed by atoms with van der Waals surface area (Å²) in [5.41, 5.74) is 0.821. The van der Waals surface area contributed by atoms with Crippen LogP contribution >= 0.6 is 27.5 Å². The summed E-state index contributed by atoms with van der Waals surface area (Å²) in [6.45, 7) is 1.22. The fraction of sp³-hybridized carbons (Fsp3) is 0.250. The zero-order chi connectivity index (χ0) is 21.6. The molecule has 0 radical (unpaired) electrons. The SMILES string of the molecule is CC(=O)N[C@H](Cc1ccccc1F)C(=O)N[C@@H](Cc1cc(Cl)ccc1Br)C(=O)O. The Morgan fingerprint density at radius 3 is 2.34 bits per heavy atom. The quantitative estimate of drug-likeness (QED) is 0.535. The van der Waals surface area contributed by atoms with Gasteiger partial charge in [0.1, 0.15) is 17.9 Å². The van der Waals surface area contributed by atoms with Crippen LogP contribution in [-0.4, -0.2) is 35.0 Å². The van der Waals surface area contributed by atoms with Crippen molar-refractivity contribution >= 4 is 45.3 Å². The molecule has 0 heterocycles. The predicted molar refractivity (Wildman–Crippen MR) is 110 cm³/mol. The van der Waals surface area contributed by atoms with Crippen molar-refractivity contribution in [2.24, 2.45) is 0 Å². The van der Waals surface area contributed by atoms with Gasteiger partial charge in [-0.05, 0) is 35.4 Å². The Bertz CT molecular complexity index is 925. The summed E-state index contributed by atoms with van der Waals surface area (Å²) in [6.07, 6.45) is -0.153. The Morgan fingerprint density at radius 2 is 1.72 bits per heavy atom. The molecule has 0 aliphatic carbocycles. The van der Waals surface area contributed by atoms with Crippen LogP contribution in [0.1, 0.15) is 18.1 Å². The Labute approximate surface area is 180 Å². The molecular weight excluding hydrogens is 467 g/mol. The highest BCUT2D eigenvalue weighted by atomic mass is 79.9. The summed E-state index contributed by atoms with van der Waals surface area (Å²) in [6, 6.07) is 8.38. The Balaban J connectivity index is 2.19. The van der Waals surface area contributed by atoms with E-state index < -0.39 is 35.7 Å². The second-order valence-corrected chi connectivity index (χ2v) is 7.68. The van der Waals surface area contributed by atoms with Gasteiger partial charge in [-0.2, -0.15) is 0 Å². The number of halogens is 3. The van der Waals surface area contributed by atoms with E-state index in [4.69, 9.17) is 11.6 Å². The highest BCUT2D eigenvalue weighted by Gasteiger charge is 2.27. The highest BCUT2D eigenvalue weighted by molar-refractivity contribution is 9.10. The first kappa shape index (κ1) is 22.8. The molecule has 2 aromatic carbocycles. The van der Waals surface area contributed by atoms with Gasteiger partial charge in [0, 0.05) is 29.3 Å². The Kier molecular flexibility index (Phi) is 8.16. The van der Waals surface area contributed by atoms with Gasteiger partial charge in [-0.3, -0.25) is 9.59 Å². The number of carboxylic acid groups (broad SMARTS) is 1. The lowest BCUT2D eigenvalue weighted by Gasteiger charge is -2.21. The summed E-state index contributed by atoms with van der Waals surface area (Å²) < 4.78 is 14.6. The topological polar surface area (TPSA) is 95.5 Å². The molecule has 0 saturated carbocycles. The molecular formula is C20H19BrClFN2O4.